The summed E-state index contributed by atoms with van der Waals surface area (Å²) in [5.41, 5.74) is 5.95. The lowest BCUT2D eigenvalue weighted by molar-refractivity contribution is -0.385. The number of azide groups is 1. The van der Waals surface area contributed by atoms with E-state index in [0.717, 1.165) is 6.07 Å². The Bertz CT molecular complexity index is 609. The number of non-ortho nitro benzene ring substituents is 1. The van der Waals surface area contributed by atoms with Crippen LogP contribution in [0.4, 0.5) is 18.9 Å². The zero-order valence-corrected chi connectivity index (χ0v) is 9.18. The van der Waals surface area contributed by atoms with E-state index >= 15 is 0 Å². The summed E-state index contributed by atoms with van der Waals surface area (Å²) in [5, 5.41) is 13.6. The van der Waals surface area contributed by atoms with E-state index in [2.05, 4.69) is 21.9 Å². The van der Waals surface area contributed by atoms with Crippen LogP contribution in [0.1, 0.15) is 11.1 Å². The highest BCUT2D eigenvalue weighted by Crippen LogP contribution is 2.32. The molecule has 9 heteroatoms. The molecule has 0 fully saturated rings. The van der Waals surface area contributed by atoms with Crippen molar-refractivity contribution in [1.29, 1.82) is 0 Å². The number of alkyl halides is 3. The Morgan fingerprint density at radius 3 is 2.63 bits per heavy atom. The van der Waals surface area contributed by atoms with Gasteiger partial charge in [0.05, 0.1) is 17.0 Å². The van der Waals surface area contributed by atoms with Crippen molar-refractivity contribution in [2.45, 2.75) is 6.18 Å². The Morgan fingerprint density at radius 1 is 1.42 bits per heavy atom. The van der Waals surface area contributed by atoms with Gasteiger partial charge in [-0.05, 0) is 11.6 Å². The Labute approximate surface area is 104 Å². The standard InChI is InChI=1S/C10H5F3N4O2/c11-10(12,13)8-4-7(2-1-3-15-16-14)5-9(6-8)17(18)19/h4-6H,3H2. The third-order valence-electron chi connectivity index (χ3n) is 1.90. The summed E-state index contributed by atoms with van der Waals surface area (Å²) in [7, 11) is 0. The smallest absolute Gasteiger partial charge is 0.258 e. The summed E-state index contributed by atoms with van der Waals surface area (Å²) in [6, 6.07) is 2.03. The molecule has 1 aromatic carbocycles. The lowest BCUT2D eigenvalue weighted by atomic mass is 10.1. The van der Waals surface area contributed by atoms with Gasteiger partial charge in [0.15, 0.2) is 0 Å². The average molecular weight is 270 g/mol. The van der Waals surface area contributed by atoms with Gasteiger partial charge in [-0.25, -0.2) is 0 Å². The molecule has 98 valence electrons. The summed E-state index contributed by atoms with van der Waals surface area (Å²) in [6.07, 6.45) is -4.70. The Morgan fingerprint density at radius 2 is 2.11 bits per heavy atom. The molecule has 0 aliphatic heterocycles. The number of nitro groups is 1. The zero-order valence-electron chi connectivity index (χ0n) is 9.18. The molecule has 0 aliphatic carbocycles. The molecular formula is C10H5F3N4O2. The second kappa shape index (κ2) is 5.75. The molecule has 0 saturated carbocycles. The van der Waals surface area contributed by atoms with Gasteiger partial charge in [0.1, 0.15) is 0 Å². The fourth-order valence-electron chi connectivity index (χ4n) is 1.16. The lowest BCUT2D eigenvalue weighted by Gasteiger charge is -2.06. The molecule has 0 bridgehead atoms. The molecule has 0 aromatic heterocycles. The van der Waals surface area contributed by atoms with Crippen molar-refractivity contribution in [3.63, 3.8) is 0 Å². The fraction of sp³-hybridized carbons (Fsp3) is 0.200. The molecule has 6 nitrogen and oxygen atoms in total. The van der Waals surface area contributed by atoms with Crippen LogP contribution in [-0.4, -0.2) is 11.5 Å². The summed E-state index contributed by atoms with van der Waals surface area (Å²) < 4.78 is 37.6. The number of rotatable bonds is 2. The minimum atomic E-state index is -4.70. The van der Waals surface area contributed by atoms with Crippen LogP contribution in [-0.2, 0) is 6.18 Å². The van der Waals surface area contributed by atoms with Crippen molar-refractivity contribution in [3.8, 4) is 11.8 Å². The third-order valence-corrected chi connectivity index (χ3v) is 1.90. The number of benzene rings is 1. The quantitative estimate of drug-likeness (QED) is 0.206. The predicted molar refractivity (Wildman–Crippen MR) is 59.0 cm³/mol. The SMILES string of the molecule is [N-]=[N+]=NCC#Cc1cc([N+](=O)[O-])cc(C(F)(F)F)c1. The number of halogens is 3. The summed E-state index contributed by atoms with van der Waals surface area (Å²) in [4.78, 5) is 12.0. The van der Waals surface area contributed by atoms with Crippen LogP contribution in [0.25, 0.3) is 10.4 Å². The van der Waals surface area contributed by atoms with Crippen LogP contribution in [0.2, 0.25) is 0 Å². The lowest BCUT2D eigenvalue weighted by Crippen LogP contribution is -2.06. The summed E-state index contributed by atoms with van der Waals surface area (Å²) >= 11 is 0. The van der Waals surface area contributed by atoms with Crippen LogP contribution in [0.15, 0.2) is 23.3 Å². The largest absolute Gasteiger partial charge is 0.416 e. The highest BCUT2D eigenvalue weighted by atomic mass is 19.4. The topological polar surface area (TPSA) is 91.9 Å². The van der Waals surface area contributed by atoms with Crippen molar-refractivity contribution in [1.82, 2.24) is 0 Å². The number of hydrogen-bond donors (Lipinski definition) is 0. The molecule has 1 rings (SSSR count). The van der Waals surface area contributed by atoms with E-state index in [0.29, 0.717) is 12.1 Å². The van der Waals surface area contributed by atoms with E-state index < -0.39 is 22.4 Å². The van der Waals surface area contributed by atoms with E-state index in [1.807, 2.05) is 0 Å². The molecule has 0 atom stereocenters. The number of nitrogens with zero attached hydrogens (tertiary/aromatic N) is 4. The van der Waals surface area contributed by atoms with Crippen LogP contribution < -0.4 is 0 Å². The Balaban J connectivity index is 3.23. The maximum absolute atomic E-state index is 12.5. The highest BCUT2D eigenvalue weighted by molar-refractivity contribution is 5.47. The first-order chi connectivity index (χ1) is 8.84. The summed E-state index contributed by atoms with van der Waals surface area (Å²) in [6.45, 7) is -0.236. The minimum absolute atomic E-state index is 0.172. The molecule has 0 aliphatic rings. The van der Waals surface area contributed by atoms with E-state index in [1.165, 1.54) is 0 Å². The van der Waals surface area contributed by atoms with E-state index in [4.69, 9.17) is 5.53 Å². The second-order valence-electron chi connectivity index (χ2n) is 3.21. The Hall–Kier alpha value is -2.72. The van der Waals surface area contributed by atoms with Gasteiger partial charge in [0.2, 0.25) is 0 Å². The molecule has 0 amide bonds. The first-order valence-corrected chi connectivity index (χ1v) is 4.71. The predicted octanol–water partition coefficient (Wildman–Crippen LogP) is 3.28. The van der Waals surface area contributed by atoms with Gasteiger partial charge in [-0.3, -0.25) is 10.1 Å². The van der Waals surface area contributed by atoms with Crippen molar-refractivity contribution in [2.24, 2.45) is 5.11 Å². The second-order valence-corrected chi connectivity index (χ2v) is 3.21. The zero-order chi connectivity index (χ0) is 14.5. The van der Waals surface area contributed by atoms with Crippen LogP contribution in [0.5, 0.6) is 0 Å². The normalized spacial score (nSPS) is 10.1. The molecule has 0 spiro atoms. The van der Waals surface area contributed by atoms with Crippen LogP contribution >= 0.6 is 0 Å². The molecule has 0 unspecified atom stereocenters. The van der Waals surface area contributed by atoms with E-state index in [-0.39, 0.29) is 12.1 Å². The van der Waals surface area contributed by atoms with E-state index in [9.17, 15) is 23.3 Å². The van der Waals surface area contributed by atoms with Gasteiger partial charge in [-0.1, -0.05) is 17.0 Å². The molecule has 19 heavy (non-hydrogen) atoms. The van der Waals surface area contributed by atoms with Gasteiger partial charge in [-0.15, -0.1) is 0 Å². The Kier molecular flexibility index (Phi) is 4.34. The highest BCUT2D eigenvalue weighted by Gasteiger charge is 2.32. The molecule has 0 heterocycles. The van der Waals surface area contributed by atoms with Crippen molar-refractivity contribution < 1.29 is 18.1 Å². The van der Waals surface area contributed by atoms with Crippen LogP contribution in [0.3, 0.4) is 0 Å². The van der Waals surface area contributed by atoms with Crippen molar-refractivity contribution in [3.05, 3.63) is 49.9 Å². The monoisotopic (exact) mass is 270 g/mol. The molecule has 0 saturated heterocycles. The maximum Gasteiger partial charge on any atom is 0.416 e. The minimum Gasteiger partial charge on any atom is -0.258 e. The van der Waals surface area contributed by atoms with Gasteiger partial charge in [-0.2, -0.15) is 13.2 Å². The van der Waals surface area contributed by atoms with Gasteiger partial charge in [0.25, 0.3) is 5.69 Å². The molecule has 1 aromatic rings. The first-order valence-electron chi connectivity index (χ1n) is 4.71. The number of hydrogen-bond acceptors (Lipinski definition) is 3. The van der Waals surface area contributed by atoms with Gasteiger partial charge < -0.3 is 0 Å². The van der Waals surface area contributed by atoms with Gasteiger partial charge in [0, 0.05) is 22.6 Å². The number of nitro benzene ring substituents is 1. The fourth-order valence-corrected chi connectivity index (χ4v) is 1.16. The van der Waals surface area contributed by atoms with Crippen molar-refractivity contribution >= 4 is 5.69 Å². The first kappa shape index (κ1) is 14.3. The molecule has 0 N–H and O–H groups in total. The van der Waals surface area contributed by atoms with Gasteiger partial charge >= 0.3 is 6.18 Å². The molecular weight excluding hydrogens is 265 g/mol. The third kappa shape index (κ3) is 4.22. The van der Waals surface area contributed by atoms with E-state index in [1.54, 1.807) is 0 Å². The summed E-state index contributed by atoms with van der Waals surface area (Å²) in [5.74, 6) is 4.55. The maximum atomic E-state index is 12.5. The van der Waals surface area contributed by atoms with Crippen molar-refractivity contribution in [2.75, 3.05) is 6.54 Å². The average Bonchev–Trinajstić information content (AvgIpc) is 2.33. The molecule has 0 radical (unpaired) electrons. The van der Waals surface area contributed by atoms with Crippen LogP contribution in [0, 0.1) is 22.0 Å².